The van der Waals surface area contributed by atoms with E-state index in [9.17, 15) is 0 Å². The van der Waals surface area contributed by atoms with E-state index in [-0.39, 0.29) is 0 Å². The predicted octanol–water partition coefficient (Wildman–Crippen LogP) is 3.18. The Balaban J connectivity index is 0.000000119. The average Bonchev–Trinajstić information content (AvgIpc) is 3.94. The van der Waals surface area contributed by atoms with Gasteiger partial charge in [0.15, 0.2) is 17.9 Å². The van der Waals surface area contributed by atoms with Crippen LogP contribution >= 0.6 is 0 Å². The standard InChI is InChI=1S/C9H12N3.C9H11N2.3C8H10N3/c1-7-10-8-6-11(2)5-4-9(8)12(7)3;1-8-7-11-6-4-3-5-9(11)10(8)2;1-7-6-11-4-3-9-5-8(11)10(7)2;1-7-5-11-6-9-4-3-8(11)10(7)2;1-7-6-11-5-3-4-9-8(11)10(7)2/h4-6H,1-3H3;3-7H,1-2H3;3*3-6H,1-2H3/q5*+1. The summed E-state index contributed by atoms with van der Waals surface area (Å²) in [5, 5.41) is 0. The van der Waals surface area contributed by atoms with Gasteiger partial charge in [0.25, 0.3) is 5.65 Å². The zero-order chi connectivity index (χ0) is 40.1. The minimum atomic E-state index is 0.977. The van der Waals surface area contributed by atoms with Gasteiger partial charge < -0.3 is 4.57 Å². The molecule has 0 N–H and O–H groups in total. The van der Waals surface area contributed by atoms with E-state index in [2.05, 4.69) is 135 Å². The molecule has 286 valence electrons. The predicted molar refractivity (Wildman–Crippen MR) is 213 cm³/mol. The van der Waals surface area contributed by atoms with Gasteiger partial charge in [-0.05, 0) is 26.8 Å². The fourth-order valence-corrected chi connectivity index (χ4v) is 6.28. The maximum atomic E-state index is 4.42. The van der Waals surface area contributed by atoms with E-state index in [1.807, 2.05) is 111 Å². The molecule has 0 aromatic carbocycles. The Labute approximate surface area is 326 Å². The van der Waals surface area contributed by atoms with Crippen LogP contribution in [0.15, 0.2) is 123 Å². The van der Waals surface area contributed by atoms with Crippen molar-refractivity contribution < 1.29 is 22.2 Å². The third-order valence-corrected chi connectivity index (χ3v) is 10.1. The maximum Gasteiger partial charge on any atom is 0.403 e. The molecule has 0 bridgehead atoms. The molecule has 56 heavy (non-hydrogen) atoms. The third-order valence-electron chi connectivity index (χ3n) is 10.1. The zero-order valence-electron chi connectivity index (χ0n) is 34.3. The van der Waals surface area contributed by atoms with Crippen molar-refractivity contribution in [1.82, 2.24) is 42.8 Å². The second-order valence-electron chi connectivity index (χ2n) is 13.9. The van der Waals surface area contributed by atoms with Crippen LogP contribution < -0.4 is 22.2 Å². The van der Waals surface area contributed by atoms with Gasteiger partial charge in [0, 0.05) is 45.2 Å². The van der Waals surface area contributed by atoms with Crippen molar-refractivity contribution in [2.75, 3.05) is 0 Å². The summed E-state index contributed by atoms with van der Waals surface area (Å²) in [6, 6.07) is 12.2. The summed E-state index contributed by atoms with van der Waals surface area (Å²) in [5.41, 5.74) is 10.7. The van der Waals surface area contributed by atoms with Gasteiger partial charge in [0.05, 0.1) is 52.3 Å². The molecule has 14 nitrogen and oxygen atoms in total. The van der Waals surface area contributed by atoms with Crippen LogP contribution in [0.25, 0.3) is 33.8 Å². The first-order valence-corrected chi connectivity index (χ1v) is 18.4. The van der Waals surface area contributed by atoms with E-state index in [0.717, 1.165) is 28.4 Å². The molecule has 0 spiro atoms. The van der Waals surface area contributed by atoms with Crippen LogP contribution in [0.2, 0.25) is 0 Å². The summed E-state index contributed by atoms with van der Waals surface area (Å²) in [5.74, 6) is 2.03. The molecule has 0 atom stereocenters. The molecule has 0 saturated carbocycles. The summed E-state index contributed by atoms with van der Waals surface area (Å²) in [6.45, 7) is 10.3. The molecule has 0 unspecified atom stereocenters. The molecule has 0 aliphatic heterocycles. The minimum Gasteiger partial charge on any atom is -0.331 e. The summed E-state index contributed by atoms with van der Waals surface area (Å²) >= 11 is 0. The average molecular weight is 754 g/mol. The maximum absolute atomic E-state index is 4.42. The number of hydrogen-bond donors (Lipinski definition) is 0. The SMILES string of the molecule is Cc1c[n+]2ccccc2n1C.Cc1c[n+]2cccnc2n1C.Cc1c[n+]2ccncc2n1C.Cc1c[n+]2cnccc2n1C.Cc1nc2c[n+](C)ccc2n1C. The molecule has 14 heteroatoms. The number of aryl methyl sites for hydroxylation is 11. The minimum absolute atomic E-state index is 0.977. The second-order valence-corrected chi connectivity index (χ2v) is 13.9. The van der Waals surface area contributed by atoms with Gasteiger partial charge >= 0.3 is 11.4 Å². The molecule has 10 aromatic rings. The number of hydrogen-bond acceptors (Lipinski definition) is 4. The normalized spacial score (nSPS) is 10.8. The molecular weight excluding hydrogens is 701 g/mol. The van der Waals surface area contributed by atoms with Gasteiger partial charge in [-0.1, -0.05) is 11.1 Å². The second kappa shape index (κ2) is 16.7. The smallest absolute Gasteiger partial charge is 0.331 e. The van der Waals surface area contributed by atoms with Gasteiger partial charge in [-0.2, -0.15) is 4.40 Å². The number of imidazole rings is 5. The molecule has 10 aromatic heterocycles. The van der Waals surface area contributed by atoms with Crippen LogP contribution in [0, 0.1) is 34.6 Å². The van der Waals surface area contributed by atoms with E-state index in [1.165, 1.54) is 33.9 Å². The molecule has 0 aliphatic rings. The van der Waals surface area contributed by atoms with Crippen molar-refractivity contribution in [3.63, 3.8) is 0 Å². The first kappa shape index (κ1) is 38.9. The lowest BCUT2D eigenvalue weighted by atomic mass is 10.4. The highest BCUT2D eigenvalue weighted by molar-refractivity contribution is 5.73. The van der Waals surface area contributed by atoms with Crippen molar-refractivity contribution in [1.29, 1.82) is 0 Å². The highest BCUT2D eigenvalue weighted by Crippen LogP contribution is 2.10. The van der Waals surface area contributed by atoms with Crippen LogP contribution in [0.1, 0.15) is 28.6 Å². The van der Waals surface area contributed by atoms with E-state index < -0.39 is 0 Å². The summed E-state index contributed by atoms with van der Waals surface area (Å²) in [6.07, 6.45) is 27.4. The topological polar surface area (TPSA) is 96.5 Å². The van der Waals surface area contributed by atoms with Crippen molar-refractivity contribution in [2.24, 2.45) is 42.3 Å². The van der Waals surface area contributed by atoms with E-state index in [4.69, 9.17) is 0 Å². The van der Waals surface area contributed by atoms with Gasteiger partial charge in [-0.15, -0.1) is 4.98 Å². The Bertz CT molecular complexity index is 2590. The Hall–Kier alpha value is -6.83. The molecule has 10 rings (SSSR count). The first-order chi connectivity index (χ1) is 26.8. The zero-order valence-corrected chi connectivity index (χ0v) is 34.3. The molecule has 0 fully saturated rings. The fourth-order valence-electron chi connectivity index (χ4n) is 6.28. The van der Waals surface area contributed by atoms with Crippen LogP contribution in [0.4, 0.5) is 0 Å². The van der Waals surface area contributed by atoms with Gasteiger partial charge in [0.1, 0.15) is 85.2 Å². The Morgan fingerprint density at radius 3 is 1.77 bits per heavy atom. The first-order valence-electron chi connectivity index (χ1n) is 18.4. The molecular formula is C42H53N14+5. The molecule has 0 aliphatic carbocycles. The lowest BCUT2D eigenvalue weighted by Crippen LogP contribution is -2.25. The summed E-state index contributed by atoms with van der Waals surface area (Å²) in [4.78, 5) is 16.7. The highest BCUT2D eigenvalue weighted by atomic mass is 15.2. The van der Waals surface area contributed by atoms with E-state index in [0.29, 0.717) is 0 Å². The molecule has 0 amide bonds. The van der Waals surface area contributed by atoms with Gasteiger partial charge in [-0.25, -0.2) is 36.5 Å². The number of fused-ring (bicyclic) bond motifs is 5. The lowest BCUT2D eigenvalue weighted by molar-refractivity contribution is -0.670. The Morgan fingerprint density at radius 2 is 1.11 bits per heavy atom. The van der Waals surface area contributed by atoms with Crippen LogP contribution in [0.5, 0.6) is 0 Å². The quantitative estimate of drug-likeness (QED) is 0.223. The van der Waals surface area contributed by atoms with Crippen LogP contribution in [0.3, 0.4) is 0 Å². The highest BCUT2D eigenvalue weighted by Gasteiger charge is 2.11. The fraction of sp³-hybridized carbons (Fsp3) is 0.262. The number of aromatic nitrogens is 14. The number of pyridine rings is 2. The molecule has 0 saturated heterocycles. The van der Waals surface area contributed by atoms with E-state index in [1.54, 1.807) is 18.6 Å². The van der Waals surface area contributed by atoms with Crippen LogP contribution in [-0.4, -0.2) is 42.8 Å². The van der Waals surface area contributed by atoms with Crippen molar-refractivity contribution >= 4 is 33.8 Å². The monoisotopic (exact) mass is 753 g/mol. The Morgan fingerprint density at radius 1 is 0.500 bits per heavy atom. The summed E-state index contributed by atoms with van der Waals surface area (Å²) in [7, 11) is 12.2. The van der Waals surface area contributed by atoms with Gasteiger partial charge in [-0.3, -0.25) is 9.55 Å². The number of rotatable bonds is 0. The molecule has 0 radical (unpaired) electrons. The Kier molecular flexibility index (Phi) is 11.6. The largest absolute Gasteiger partial charge is 0.403 e. The van der Waals surface area contributed by atoms with Crippen LogP contribution in [-0.2, 0) is 42.3 Å². The summed E-state index contributed by atoms with van der Waals surface area (Å²) < 4.78 is 20.8. The van der Waals surface area contributed by atoms with Gasteiger partial charge in [0.2, 0.25) is 12.0 Å². The van der Waals surface area contributed by atoms with Crippen molar-refractivity contribution in [2.45, 2.75) is 34.6 Å². The molecule has 10 heterocycles. The van der Waals surface area contributed by atoms with Crippen molar-refractivity contribution in [3.05, 3.63) is 152 Å². The number of nitrogens with zero attached hydrogens (tertiary/aromatic N) is 14. The van der Waals surface area contributed by atoms with E-state index >= 15 is 0 Å². The third kappa shape index (κ3) is 8.28. The lowest BCUT2D eigenvalue weighted by Gasteiger charge is -1.93. The van der Waals surface area contributed by atoms with Crippen molar-refractivity contribution in [3.8, 4) is 0 Å².